The molecule has 2 aromatic carbocycles. The summed E-state index contributed by atoms with van der Waals surface area (Å²) in [5.41, 5.74) is 3.19. The van der Waals surface area contributed by atoms with Crippen LogP contribution in [0.5, 0.6) is 5.75 Å². The molecule has 1 aromatic heterocycles. The lowest BCUT2D eigenvalue weighted by Crippen LogP contribution is -2.31. The minimum Gasteiger partial charge on any atom is -0.494 e. The van der Waals surface area contributed by atoms with Gasteiger partial charge in [0.25, 0.3) is 5.91 Å². The summed E-state index contributed by atoms with van der Waals surface area (Å²) in [5, 5.41) is 9.91. The van der Waals surface area contributed by atoms with Gasteiger partial charge < -0.3 is 19.2 Å². The fourth-order valence-electron chi connectivity index (χ4n) is 4.52. The third kappa shape index (κ3) is 4.40. The van der Waals surface area contributed by atoms with Crippen molar-refractivity contribution in [3.05, 3.63) is 74.6 Å². The molecule has 174 valence electrons. The molecule has 3 aromatic rings. The Kier molecular flexibility index (Phi) is 6.56. The third-order valence-electron chi connectivity index (χ3n) is 6.11. The predicted molar refractivity (Wildman–Crippen MR) is 128 cm³/mol. The lowest BCUT2D eigenvalue weighted by Gasteiger charge is -2.25. The highest BCUT2D eigenvalue weighted by Gasteiger charge is 2.42. The van der Waals surface area contributed by atoms with Crippen molar-refractivity contribution in [2.24, 2.45) is 5.92 Å². The van der Waals surface area contributed by atoms with Crippen LogP contribution in [0.4, 0.5) is 0 Å². The Labute approximate surface area is 193 Å². The lowest BCUT2D eigenvalue weighted by molar-refractivity contribution is 0.0716. The monoisotopic (exact) mass is 449 g/mol. The number of amides is 1. The zero-order chi connectivity index (χ0) is 23.7. The Bertz CT molecular complexity index is 1240. The van der Waals surface area contributed by atoms with E-state index in [-0.39, 0.29) is 23.7 Å². The van der Waals surface area contributed by atoms with Gasteiger partial charge in [-0.2, -0.15) is 0 Å². The second-order valence-corrected chi connectivity index (χ2v) is 9.21. The summed E-state index contributed by atoms with van der Waals surface area (Å²) in [4.78, 5) is 28.7. The number of rotatable bonds is 8. The van der Waals surface area contributed by atoms with Crippen molar-refractivity contribution < 1.29 is 19.1 Å². The van der Waals surface area contributed by atoms with Gasteiger partial charge in [-0.15, -0.1) is 0 Å². The molecule has 1 unspecified atom stereocenters. The van der Waals surface area contributed by atoms with Crippen molar-refractivity contribution in [1.82, 2.24) is 4.90 Å². The van der Waals surface area contributed by atoms with E-state index in [9.17, 15) is 14.7 Å². The van der Waals surface area contributed by atoms with Gasteiger partial charge in [-0.25, -0.2) is 0 Å². The Balaban J connectivity index is 1.84. The average Bonchev–Trinajstić information content (AvgIpc) is 3.03. The van der Waals surface area contributed by atoms with Crippen molar-refractivity contribution in [2.45, 2.75) is 46.6 Å². The van der Waals surface area contributed by atoms with E-state index in [2.05, 4.69) is 13.8 Å². The molecule has 1 aliphatic heterocycles. The third-order valence-corrected chi connectivity index (χ3v) is 6.11. The summed E-state index contributed by atoms with van der Waals surface area (Å²) in [6, 6.07) is 10.7. The van der Waals surface area contributed by atoms with E-state index in [0.717, 1.165) is 23.1 Å². The first kappa shape index (κ1) is 23.1. The normalized spacial score (nSPS) is 15.5. The minimum absolute atomic E-state index is 0.0488. The Morgan fingerprint density at radius 3 is 2.67 bits per heavy atom. The van der Waals surface area contributed by atoms with E-state index >= 15 is 0 Å². The van der Waals surface area contributed by atoms with E-state index in [4.69, 9.17) is 9.15 Å². The maximum Gasteiger partial charge on any atom is 0.290 e. The van der Waals surface area contributed by atoms with Gasteiger partial charge in [0, 0.05) is 13.2 Å². The fourth-order valence-corrected chi connectivity index (χ4v) is 4.52. The first-order valence-electron chi connectivity index (χ1n) is 11.5. The van der Waals surface area contributed by atoms with Crippen LogP contribution in [0.25, 0.3) is 11.0 Å². The van der Waals surface area contributed by atoms with Crippen LogP contribution in [-0.2, 0) is 0 Å². The number of carbonyl (C=O) groups is 1. The molecule has 2 heterocycles. The van der Waals surface area contributed by atoms with Gasteiger partial charge in [-0.1, -0.05) is 32.0 Å². The standard InChI is InChI=1S/C27H31NO5/c1-16(2)9-12-32-20-8-5-7-19(15-20)24-23-25(30)22-18(4)13-17(3)14-21(22)33-26(23)27(31)28(24)10-6-11-29/h5,7-8,13-16,24,29H,6,9-12H2,1-4H3. The number of hydrogen-bond donors (Lipinski definition) is 1. The Morgan fingerprint density at radius 2 is 1.94 bits per heavy atom. The van der Waals surface area contributed by atoms with Crippen LogP contribution < -0.4 is 10.2 Å². The zero-order valence-corrected chi connectivity index (χ0v) is 19.7. The first-order chi connectivity index (χ1) is 15.8. The van der Waals surface area contributed by atoms with Crippen molar-refractivity contribution in [3.63, 3.8) is 0 Å². The SMILES string of the molecule is Cc1cc(C)c2c(=O)c3c(oc2c1)C(=O)N(CCCO)C3c1cccc(OCCC(C)C)c1. The fraction of sp³-hybridized carbons (Fsp3) is 0.407. The average molecular weight is 450 g/mol. The highest BCUT2D eigenvalue weighted by Crippen LogP contribution is 2.39. The second-order valence-electron chi connectivity index (χ2n) is 9.21. The number of carbonyl (C=O) groups excluding carboxylic acids is 1. The number of aryl methyl sites for hydroxylation is 2. The number of aliphatic hydroxyl groups excluding tert-OH is 1. The summed E-state index contributed by atoms with van der Waals surface area (Å²) >= 11 is 0. The zero-order valence-electron chi connectivity index (χ0n) is 19.7. The van der Waals surface area contributed by atoms with Crippen molar-refractivity contribution in [2.75, 3.05) is 19.8 Å². The van der Waals surface area contributed by atoms with Crippen LogP contribution in [0.1, 0.15) is 65.5 Å². The first-order valence-corrected chi connectivity index (χ1v) is 11.5. The van der Waals surface area contributed by atoms with Gasteiger partial charge in [0.15, 0.2) is 5.43 Å². The molecule has 0 spiro atoms. The summed E-state index contributed by atoms with van der Waals surface area (Å²) < 4.78 is 12.0. The molecule has 0 fully saturated rings. The van der Waals surface area contributed by atoms with Crippen molar-refractivity contribution in [3.8, 4) is 5.75 Å². The molecule has 1 amide bonds. The number of nitrogens with zero attached hydrogens (tertiary/aromatic N) is 1. The van der Waals surface area contributed by atoms with Gasteiger partial charge in [-0.05, 0) is 67.5 Å². The Hall–Kier alpha value is -3.12. The van der Waals surface area contributed by atoms with Gasteiger partial charge in [0.2, 0.25) is 5.76 Å². The predicted octanol–water partition coefficient (Wildman–Crippen LogP) is 4.76. The second kappa shape index (κ2) is 9.40. The van der Waals surface area contributed by atoms with Crippen LogP contribution in [0.2, 0.25) is 0 Å². The van der Waals surface area contributed by atoms with Gasteiger partial charge in [-0.3, -0.25) is 9.59 Å². The van der Waals surface area contributed by atoms with E-state index in [0.29, 0.717) is 47.8 Å². The van der Waals surface area contributed by atoms with E-state index < -0.39 is 6.04 Å². The molecule has 1 N–H and O–H groups in total. The molecule has 1 atom stereocenters. The van der Waals surface area contributed by atoms with E-state index in [1.807, 2.05) is 44.2 Å². The number of ether oxygens (including phenoxy) is 1. The van der Waals surface area contributed by atoms with E-state index in [1.165, 1.54) is 0 Å². The molecule has 1 aliphatic rings. The molecule has 33 heavy (non-hydrogen) atoms. The minimum atomic E-state index is -0.589. The van der Waals surface area contributed by atoms with Crippen LogP contribution in [0.3, 0.4) is 0 Å². The summed E-state index contributed by atoms with van der Waals surface area (Å²) in [7, 11) is 0. The van der Waals surface area contributed by atoms with Crippen molar-refractivity contribution >= 4 is 16.9 Å². The maximum absolute atomic E-state index is 13.7. The molecule has 0 bridgehead atoms. The smallest absolute Gasteiger partial charge is 0.290 e. The summed E-state index contributed by atoms with van der Waals surface area (Å²) in [6.45, 7) is 8.98. The molecule has 0 saturated heterocycles. The summed E-state index contributed by atoms with van der Waals surface area (Å²) in [5.74, 6) is 0.999. The number of aliphatic hydroxyl groups is 1. The number of benzene rings is 2. The van der Waals surface area contributed by atoms with Crippen LogP contribution in [0.15, 0.2) is 45.6 Å². The highest BCUT2D eigenvalue weighted by molar-refractivity contribution is 5.99. The molecule has 0 saturated carbocycles. The van der Waals surface area contributed by atoms with Gasteiger partial charge >= 0.3 is 0 Å². The quantitative estimate of drug-likeness (QED) is 0.536. The molecular formula is C27H31NO5. The van der Waals surface area contributed by atoms with Crippen molar-refractivity contribution in [1.29, 1.82) is 0 Å². The largest absolute Gasteiger partial charge is 0.494 e. The highest BCUT2D eigenvalue weighted by atomic mass is 16.5. The molecule has 0 radical (unpaired) electrons. The molecule has 0 aliphatic carbocycles. The maximum atomic E-state index is 13.7. The van der Waals surface area contributed by atoms with Crippen LogP contribution >= 0.6 is 0 Å². The molecule has 4 rings (SSSR count). The molecule has 6 heteroatoms. The number of fused-ring (bicyclic) bond motifs is 2. The topological polar surface area (TPSA) is 80.0 Å². The van der Waals surface area contributed by atoms with Gasteiger partial charge in [0.05, 0.1) is 23.6 Å². The van der Waals surface area contributed by atoms with Crippen LogP contribution in [0, 0.1) is 19.8 Å². The molecule has 6 nitrogen and oxygen atoms in total. The van der Waals surface area contributed by atoms with E-state index in [1.54, 1.807) is 11.0 Å². The van der Waals surface area contributed by atoms with Gasteiger partial charge in [0.1, 0.15) is 11.3 Å². The number of hydrogen-bond acceptors (Lipinski definition) is 5. The van der Waals surface area contributed by atoms with Crippen LogP contribution in [-0.4, -0.2) is 35.7 Å². The molecular weight excluding hydrogens is 418 g/mol. The summed E-state index contributed by atoms with van der Waals surface area (Å²) in [6.07, 6.45) is 1.35. The lowest BCUT2D eigenvalue weighted by atomic mass is 9.96. The Morgan fingerprint density at radius 1 is 1.15 bits per heavy atom.